The van der Waals surface area contributed by atoms with Gasteiger partial charge in [-0.15, -0.1) is 0 Å². The maximum atomic E-state index is 15.0. The number of H-pyrrole nitrogens is 1. The number of methoxy groups -OCH3 is 1. The van der Waals surface area contributed by atoms with Crippen LogP contribution in [0.2, 0.25) is 0 Å². The number of nitrogens with one attached hydrogen (secondary N) is 1. The van der Waals surface area contributed by atoms with Crippen molar-refractivity contribution in [2.75, 3.05) is 13.7 Å². The third-order valence-corrected chi connectivity index (χ3v) is 6.19. The van der Waals surface area contributed by atoms with Crippen molar-refractivity contribution in [3.63, 3.8) is 0 Å². The van der Waals surface area contributed by atoms with Gasteiger partial charge in [-0.05, 0) is 41.8 Å². The molecule has 4 aromatic rings. The number of amides is 1. The molecule has 0 unspecified atom stereocenters. The standard InChI is InChI=1S/C26H21F3N2O2/c1-33-16-7-8-23-18(12-16)17-9-10-31(24(32)11-15-5-3-2-4-6-15)26(25(17)30-23)19-13-21(28)22(29)14-20(19)27/h2-8,12-14,26,30H,9-11H2,1H3/t26-/m1/s1. The minimum atomic E-state index is -1.27. The molecule has 7 heteroatoms. The minimum Gasteiger partial charge on any atom is -0.497 e. The number of halogens is 3. The van der Waals surface area contributed by atoms with Gasteiger partial charge in [0.1, 0.15) is 17.6 Å². The molecule has 1 aromatic heterocycles. The molecule has 0 saturated heterocycles. The van der Waals surface area contributed by atoms with Gasteiger partial charge < -0.3 is 14.6 Å². The van der Waals surface area contributed by atoms with Crippen molar-refractivity contribution < 1.29 is 22.7 Å². The maximum Gasteiger partial charge on any atom is 0.227 e. The fraction of sp³-hybridized carbons (Fsp3) is 0.192. The van der Waals surface area contributed by atoms with Crippen LogP contribution in [0.15, 0.2) is 60.7 Å². The number of hydrogen-bond acceptors (Lipinski definition) is 2. The van der Waals surface area contributed by atoms with E-state index in [1.807, 2.05) is 42.5 Å². The Labute approximate surface area is 188 Å². The summed E-state index contributed by atoms with van der Waals surface area (Å²) in [4.78, 5) is 18.2. The van der Waals surface area contributed by atoms with E-state index >= 15 is 0 Å². The molecule has 5 rings (SSSR count). The number of nitrogens with zero attached hydrogens (tertiary/aromatic N) is 1. The lowest BCUT2D eigenvalue weighted by atomic mass is 9.91. The molecule has 1 aliphatic rings. The normalized spacial score (nSPS) is 15.5. The molecule has 2 heterocycles. The number of hydrogen-bond donors (Lipinski definition) is 1. The van der Waals surface area contributed by atoms with E-state index in [1.54, 1.807) is 13.2 Å². The zero-order valence-electron chi connectivity index (χ0n) is 17.9. The summed E-state index contributed by atoms with van der Waals surface area (Å²) >= 11 is 0. The van der Waals surface area contributed by atoms with Crippen molar-refractivity contribution in [3.05, 3.63) is 100 Å². The molecule has 0 radical (unpaired) electrons. The first-order chi connectivity index (χ1) is 16.0. The molecule has 0 bridgehead atoms. The number of benzene rings is 3. The maximum absolute atomic E-state index is 15.0. The van der Waals surface area contributed by atoms with Crippen LogP contribution in [0, 0.1) is 17.5 Å². The third-order valence-electron chi connectivity index (χ3n) is 6.19. The quantitative estimate of drug-likeness (QED) is 0.429. The molecule has 1 atom stereocenters. The Morgan fingerprint density at radius 2 is 1.79 bits per heavy atom. The van der Waals surface area contributed by atoms with Gasteiger partial charge in [0.25, 0.3) is 0 Å². The Morgan fingerprint density at radius 3 is 2.55 bits per heavy atom. The van der Waals surface area contributed by atoms with E-state index in [9.17, 15) is 18.0 Å². The molecular formula is C26H21F3N2O2. The largest absolute Gasteiger partial charge is 0.497 e. The van der Waals surface area contributed by atoms with Crippen LogP contribution in [0.4, 0.5) is 13.2 Å². The topological polar surface area (TPSA) is 45.3 Å². The minimum absolute atomic E-state index is 0.0882. The lowest BCUT2D eigenvalue weighted by Gasteiger charge is -2.36. The second-order valence-corrected chi connectivity index (χ2v) is 8.12. The highest BCUT2D eigenvalue weighted by atomic mass is 19.2. The van der Waals surface area contributed by atoms with Crippen LogP contribution in [-0.2, 0) is 17.6 Å². The van der Waals surface area contributed by atoms with Crippen molar-refractivity contribution in [1.82, 2.24) is 9.88 Å². The molecule has 4 nitrogen and oxygen atoms in total. The fourth-order valence-electron chi connectivity index (χ4n) is 4.61. The number of carbonyl (C=O) groups excluding carboxylic acids is 1. The van der Waals surface area contributed by atoms with Crippen LogP contribution in [0.3, 0.4) is 0 Å². The smallest absolute Gasteiger partial charge is 0.227 e. The van der Waals surface area contributed by atoms with E-state index < -0.39 is 23.5 Å². The molecule has 1 amide bonds. The molecular weight excluding hydrogens is 429 g/mol. The summed E-state index contributed by atoms with van der Waals surface area (Å²) < 4.78 is 48.2. The summed E-state index contributed by atoms with van der Waals surface area (Å²) in [6.07, 6.45) is 0.650. The van der Waals surface area contributed by atoms with Gasteiger partial charge in [0, 0.05) is 34.8 Å². The summed E-state index contributed by atoms with van der Waals surface area (Å²) in [5.74, 6) is -2.89. The van der Waals surface area contributed by atoms with E-state index in [1.165, 1.54) is 4.90 Å². The molecule has 0 aliphatic carbocycles. The second kappa shape index (κ2) is 8.31. The first-order valence-corrected chi connectivity index (χ1v) is 10.6. The lowest BCUT2D eigenvalue weighted by molar-refractivity contribution is -0.132. The lowest BCUT2D eigenvalue weighted by Crippen LogP contribution is -2.41. The number of ether oxygens (including phenoxy) is 1. The van der Waals surface area contributed by atoms with Gasteiger partial charge in [-0.1, -0.05) is 30.3 Å². The van der Waals surface area contributed by atoms with Gasteiger partial charge in [-0.25, -0.2) is 13.2 Å². The van der Waals surface area contributed by atoms with Crippen molar-refractivity contribution in [2.24, 2.45) is 0 Å². The number of fused-ring (bicyclic) bond motifs is 3. The molecule has 168 valence electrons. The predicted octanol–water partition coefficient (Wildman–Crippen LogP) is 5.31. The Bertz CT molecular complexity index is 1350. The van der Waals surface area contributed by atoms with Crippen LogP contribution in [0.1, 0.15) is 28.4 Å². The molecule has 0 spiro atoms. The summed E-state index contributed by atoms with van der Waals surface area (Å²) in [6, 6.07) is 15.2. The Morgan fingerprint density at radius 1 is 1.03 bits per heavy atom. The van der Waals surface area contributed by atoms with Gasteiger partial charge in [-0.3, -0.25) is 4.79 Å². The SMILES string of the molecule is COc1ccc2[nH]c3c(c2c1)CCN(C(=O)Cc1ccccc1)[C@@H]3c1cc(F)c(F)cc1F. The Kier molecular flexibility index (Phi) is 5.32. The van der Waals surface area contributed by atoms with Crippen molar-refractivity contribution >= 4 is 16.8 Å². The highest BCUT2D eigenvalue weighted by molar-refractivity contribution is 5.88. The van der Waals surface area contributed by atoms with Gasteiger partial charge in [-0.2, -0.15) is 0 Å². The van der Waals surface area contributed by atoms with Gasteiger partial charge in [0.15, 0.2) is 11.6 Å². The average molecular weight is 450 g/mol. The highest BCUT2D eigenvalue weighted by Crippen LogP contribution is 2.40. The van der Waals surface area contributed by atoms with Crippen LogP contribution in [0.25, 0.3) is 10.9 Å². The van der Waals surface area contributed by atoms with Crippen LogP contribution < -0.4 is 4.74 Å². The zero-order chi connectivity index (χ0) is 23.1. The van der Waals surface area contributed by atoms with Gasteiger partial charge in [0.2, 0.25) is 5.91 Å². The average Bonchev–Trinajstić information content (AvgIpc) is 3.19. The molecule has 1 aliphatic heterocycles. The monoisotopic (exact) mass is 450 g/mol. The molecule has 0 fully saturated rings. The van der Waals surface area contributed by atoms with Gasteiger partial charge in [0.05, 0.1) is 13.5 Å². The van der Waals surface area contributed by atoms with Crippen molar-refractivity contribution in [3.8, 4) is 5.75 Å². The van der Waals surface area contributed by atoms with E-state index in [4.69, 9.17) is 4.74 Å². The summed E-state index contributed by atoms with van der Waals surface area (Å²) in [5, 5.41) is 0.896. The molecule has 33 heavy (non-hydrogen) atoms. The first-order valence-electron chi connectivity index (χ1n) is 10.6. The Hall–Kier alpha value is -3.74. The fourth-order valence-corrected chi connectivity index (χ4v) is 4.61. The van der Waals surface area contributed by atoms with E-state index in [2.05, 4.69) is 4.98 Å². The number of rotatable bonds is 4. The summed E-state index contributed by atoms with van der Waals surface area (Å²) in [7, 11) is 1.57. The molecule has 0 saturated carbocycles. The van der Waals surface area contributed by atoms with Crippen molar-refractivity contribution in [1.29, 1.82) is 0 Å². The number of carbonyl (C=O) groups is 1. The van der Waals surface area contributed by atoms with Crippen LogP contribution in [0.5, 0.6) is 5.75 Å². The van der Waals surface area contributed by atoms with Crippen LogP contribution >= 0.6 is 0 Å². The predicted molar refractivity (Wildman–Crippen MR) is 119 cm³/mol. The first kappa shape index (κ1) is 21.1. The Balaban J connectivity index is 1.65. The zero-order valence-corrected chi connectivity index (χ0v) is 17.9. The summed E-state index contributed by atoms with van der Waals surface area (Å²) in [6.45, 7) is 0.311. The molecule has 1 N–H and O–H groups in total. The number of aromatic amines is 1. The van der Waals surface area contributed by atoms with E-state index in [0.29, 0.717) is 30.5 Å². The van der Waals surface area contributed by atoms with Gasteiger partial charge >= 0.3 is 0 Å². The third kappa shape index (κ3) is 3.73. The molecule has 3 aromatic carbocycles. The number of aromatic nitrogens is 1. The van der Waals surface area contributed by atoms with Crippen LogP contribution in [-0.4, -0.2) is 29.4 Å². The highest BCUT2D eigenvalue weighted by Gasteiger charge is 2.36. The van der Waals surface area contributed by atoms with E-state index in [0.717, 1.165) is 28.1 Å². The van der Waals surface area contributed by atoms with Crippen molar-refractivity contribution in [2.45, 2.75) is 18.9 Å². The second-order valence-electron chi connectivity index (χ2n) is 8.12. The van der Waals surface area contributed by atoms with E-state index in [-0.39, 0.29) is 17.9 Å². The summed E-state index contributed by atoms with van der Waals surface area (Å²) in [5.41, 5.74) is 3.03.